The summed E-state index contributed by atoms with van der Waals surface area (Å²) < 4.78 is 0. The van der Waals surface area contributed by atoms with Gasteiger partial charge in [-0.2, -0.15) is 0 Å². The molecule has 1 aliphatic rings. The molecule has 1 heterocycles. The molecule has 7 nitrogen and oxygen atoms in total. The van der Waals surface area contributed by atoms with Gasteiger partial charge in [0.2, 0.25) is 11.8 Å². The number of aliphatic imine (C=N–C) groups is 1. The van der Waals surface area contributed by atoms with Crippen molar-refractivity contribution >= 4 is 41.8 Å². The maximum Gasteiger partial charge on any atom is 0.227 e. The van der Waals surface area contributed by atoms with Gasteiger partial charge in [-0.1, -0.05) is 13.8 Å². The van der Waals surface area contributed by atoms with Crippen molar-refractivity contribution in [2.75, 3.05) is 32.7 Å². The summed E-state index contributed by atoms with van der Waals surface area (Å²) in [7, 11) is 0. The summed E-state index contributed by atoms with van der Waals surface area (Å²) in [5.41, 5.74) is -0.552. The van der Waals surface area contributed by atoms with Gasteiger partial charge in [-0.25, -0.2) is 0 Å². The number of carbonyl (C=O) groups excluding carboxylic acids is 2. The summed E-state index contributed by atoms with van der Waals surface area (Å²) in [6.07, 6.45) is 3.64. The van der Waals surface area contributed by atoms with Crippen molar-refractivity contribution < 1.29 is 9.59 Å². The SMILES string of the molecule is CCNC(=O)C(C)(C)CN=C(NCC)NC1CCN(C(=O)C(CC)CC)CC1.I. The van der Waals surface area contributed by atoms with Crippen LogP contribution in [0.25, 0.3) is 0 Å². The zero-order chi connectivity index (χ0) is 21.2. The molecular formula is C21H42IN5O2. The third-order valence-electron chi connectivity index (χ3n) is 5.41. The minimum Gasteiger partial charge on any atom is -0.357 e. The van der Waals surface area contributed by atoms with E-state index >= 15 is 0 Å². The third kappa shape index (κ3) is 9.09. The van der Waals surface area contributed by atoms with Crippen LogP contribution in [0.15, 0.2) is 4.99 Å². The lowest BCUT2D eigenvalue weighted by molar-refractivity contribution is -0.136. The number of likely N-dealkylation sites (tertiary alicyclic amines) is 1. The molecule has 29 heavy (non-hydrogen) atoms. The first-order valence-electron chi connectivity index (χ1n) is 10.9. The number of nitrogens with zero attached hydrogens (tertiary/aromatic N) is 2. The summed E-state index contributed by atoms with van der Waals surface area (Å²) in [6, 6.07) is 0.288. The van der Waals surface area contributed by atoms with Crippen LogP contribution in [0.3, 0.4) is 0 Å². The Hall–Kier alpha value is -1.06. The number of carbonyl (C=O) groups is 2. The van der Waals surface area contributed by atoms with Crippen molar-refractivity contribution in [3.05, 3.63) is 0 Å². The van der Waals surface area contributed by atoms with Crippen LogP contribution >= 0.6 is 24.0 Å². The van der Waals surface area contributed by atoms with E-state index in [1.165, 1.54) is 0 Å². The lowest BCUT2D eigenvalue weighted by atomic mass is 9.92. The van der Waals surface area contributed by atoms with Gasteiger partial charge in [0, 0.05) is 38.1 Å². The van der Waals surface area contributed by atoms with E-state index in [0.29, 0.717) is 19.0 Å². The Bertz CT molecular complexity index is 527. The number of halogens is 1. The van der Waals surface area contributed by atoms with Crippen LogP contribution in [0, 0.1) is 11.3 Å². The molecule has 0 aromatic rings. The van der Waals surface area contributed by atoms with E-state index in [1.807, 2.05) is 32.6 Å². The van der Waals surface area contributed by atoms with Crippen molar-refractivity contribution in [1.82, 2.24) is 20.9 Å². The molecule has 2 amide bonds. The first kappa shape index (κ1) is 27.9. The normalized spacial score (nSPS) is 15.7. The lowest BCUT2D eigenvalue weighted by Crippen LogP contribution is -2.51. The van der Waals surface area contributed by atoms with Gasteiger partial charge in [0.25, 0.3) is 0 Å². The fourth-order valence-electron chi connectivity index (χ4n) is 3.40. The van der Waals surface area contributed by atoms with E-state index < -0.39 is 5.41 Å². The maximum absolute atomic E-state index is 12.6. The number of nitrogens with one attached hydrogen (secondary N) is 3. The lowest BCUT2D eigenvalue weighted by Gasteiger charge is -2.35. The molecule has 1 rings (SSSR count). The topological polar surface area (TPSA) is 85.8 Å². The minimum atomic E-state index is -0.552. The Labute approximate surface area is 194 Å². The van der Waals surface area contributed by atoms with Crippen molar-refractivity contribution in [3.63, 3.8) is 0 Å². The molecule has 0 aromatic carbocycles. The molecule has 0 radical (unpaired) electrons. The third-order valence-corrected chi connectivity index (χ3v) is 5.41. The Morgan fingerprint density at radius 3 is 2.07 bits per heavy atom. The van der Waals surface area contributed by atoms with E-state index in [2.05, 4.69) is 34.8 Å². The van der Waals surface area contributed by atoms with Crippen LogP contribution in [-0.4, -0.2) is 61.4 Å². The van der Waals surface area contributed by atoms with Gasteiger partial charge in [-0.15, -0.1) is 24.0 Å². The second kappa shape index (κ2) is 14.0. The van der Waals surface area contributed by atoms with Crippen LogP contribution < -0.4 is 16.0 Å². The Morgan fingerprint density at radius 2 is 1.59 bits per heavy atom. The van der Waals surface area contributed by atoms with Crippen molar-refractivity contribution in [1.29, 1.82) is 0 Å². The summed E-state index contributed by atoms with van der Waals surface area (Å²) in [4.78, 5) is 31.4. The van der Waals surface area contributed by atoms with Crippen LogP contribution in [0.1, 0.15) is 67.2 Å². The van der Waals surface area contributed by atoms with Gasteiger partial charge in [-0.05, 0) is 53.4 Å². The van der Waals surface area contributed by atoms with Crippen LogP contribution in [-0.2, 0) is 9.59 Å². The molecule has 1 aliphatic heterocycles. The van der Waals surface area contributed by atoms with Crippen molar-refractivity contribution in [2.24, 2.45) is 16.3 Å². The summed E-state index contributed by atoms with van der Waals surface area (Å²) in [5.74, 6) is 1.21. The van der Waals surface area contributed by atoms with E-state index in [4.69, 9.17) is 0 Å². The Balaban J connectivity index is 0.00000784. The van der Waals surface area contributed by atoms with Crippen molar-refractivity contribution in [2.45, 2.75) is 73.3 Å². The van der Waals surface area contributed by atoms with Gasteiger partial charge in [0.15, 0.2) is 5.96 Å². The van der Waals surface area contributed by atoms with Crippen LogP contribution in [0.4, 0.5) is 0 Å². The number of amides is 2. The van der Waals surface area contributed by atoms with Gasteiger partial charge >= 0.3 is 0 Å². The molecule has 0 aromatic heterocycles. The highest BCUT2D eigenvalue weighted by Gasteiger charge is 2.28. The molecule has 1 saturated heterocycles. The quantitative estimate of drug-likeness (QED) is 0.247. The molecule has 0 atom stereocenters. The van der Waals surface area contributed by atoms with Gasteiger partial charge in [0.05, 0.1) is 12.0 Å². The summed E-state index contributed by atoms with van der Waals surface area (Å²) in [5, 5.41) is 9.63. The summed E-state index contributed by atoms with van der Waals surface area (Å²) >= 11 is 0. The van der Waals surface area contributed by atoms with Gasteiger partial charge in [0.1, 0.15) is 0 Å². The number of guanidine groups is 1. The van der Waals surface area contributed by atoms with E-state index in [0.717, 1.165) is 51.3 Å². The highest BCUT2D eigenvalue weighted by Crippen LogP contribution is 2.18. The molecule has 0 saturated carbocycles. The molecule has 0 spiro atoms. The number of hydrogen-bond acceptors (Lipinski definition) is 3. The average molecular weight is 524 g/mol. The Morgan fingerprint density at radius 1 is 1.03 bits per heavy atom. The van der Waals surface area contributed by atoms with E-state index in [9.17, 15) is 9.59 Å². The number of rotatable bonds is 9. The largest absolute Gasteiger partial charge is 0.357 e. The first-order chi connectivity index (χ1) is 13.3. The zero-order valence-corrected chi connectivity index (χ0v) is 21.5. The van der Waals surface area contributed by atoms with Crippen LogP contribution in [0.2, 0.25) is 0 Å². The van der Waals surface area contributed by atoms with Crippen LogP contribution in [0.5, 0.6) is 0 Å². The molecule has 8 heteroatoms. The molecule has 3 N–H and O–H groups in total. The monoisotopic (exact) mass is 523 g/mol. The first-order valence-corrected chi connectivity index (χ1v) is 10.9. The second-order valence-corrected chi connectivity index (χ2v) is 8.20. The molecule has 1 fully saturated rings. The minimum absolute atomic E-state index is 0. The number of piperidine rings is 1. The maximum atomic E-state index is 12.6. The predicted octanol–water partition coefficient (Wildman–Crippen LogP) is 2.75. The van der Waals surface area contributed by atoms with Gasteiger partial charge in [-0.3, -0.25) is 14.6 Å². The zero-order valence-electron chi connectivity index (χ0n) is 19.1. The summed E-state index contributed by atoms with van der Waals surface area (Å²) in [6.45, 7) is 15.3. The fraction of sp³-hybridized carbons (Fsp3) is 0.857. The Kier molecular flexibility index (Phi) is 13.5. The fourth-order valence-corrected chi connectivity index (χ4v) is 3.40. The predicted molar refractivity (Wildman–Crippen MR) is 131 cm³/mol. The number of hydrogen-bond donors (Lipinski definition) is 3. The molecular weight excluding hydrogens is 481 g/mol. The second-order valence-electron chi connectivity index (χ2n) is 8.20. The van der Waals surface area contributed by atoms with E-state index in [-0.39, 0.29) is 41.8 Å². The van der Waals surface area contributed by atoms with Crippen molar-refractivity contribution in [3.8, 4) is 0 Å². The standard InChI is InChI=1S/C21H41N5O2.HI/c1-7-16(8-2)18(27)26-13-11-17(12-14-26)25-20(23-10-4)24-15-21(5,6)19(28)22-9-3;/h16-17H,7-15H2,1-6H3,(H,22,28)(H2,23,24,25);1H. The molecule has 0 bridgehead atoms. The highest BCUT2D eigenvalue weighted by molar-refractivity contribution is 14.0. The smallest absolute Gasteiger partial charge is 0.227 e. The molecule has 170 valence electrons. The highest BCUT2D eigenvalue weighted by atomic mass is 127. The van der Waals surface area contributed by atoms with E-state index in [1.54, 1.807) is 0 Å². The molecule has 0 aliphatic carbocycles. The average Bonchev–Trinajstić information content (AvgIpc) is 2.68. The van der Waals surface area contributed by atoms with Gasteiger partial charge < -0.3 is 20.9 Å². The molecule has 0 unspecified atom stereocenters.